The molecular formula is C7H4Cl2F2O3S. The summed E-state index contributed by atoms with van der Waals surface area (Å²) in [6, 6.07) is 2.97. The summed E-state index contributed by atoms with van der Waals surface area (Å²) in [6.07, 6.45) is 0. The Labute approximate surface area is 94.0 Å². The van der Waals surface area contributed by atoms with E-state index < -0.39 is 15.7 Å². The average Bonchev–Trinajstić information content (AvgIpc) is 1.99. The van der Waals surface area contributed by atoms with Crippen molar-refractivity contribution in [3.05, 3.63) is 23.2 Å². The molecule has 84 valence electrons. The van der Waals surface area contributed by atoms with E-state index in [-0.39, 0.29) is 15.7 Å². The van der Waals surface area contributed by atoms with Crippen LogP contribution in [0.3, 0.4) is 0 Å². The molecule has 1 aromatic carbocycles. The van der Waals surface area contributed by atoms with Crippen LogP contribution in [0.5, 0.6) is 5.75 Å². The molecule has 0 atom stereocenters. The van der Waals surface area contributed by atoms with Gasteiger partial charge in [0.05, 0.1) is 5.02 Å². The summed E-state index contributed by atoms with van der Waals surface area (Å²) in [7, 11) is 1.04. The minimum absolute atomic E-state index is 0.237. The highest BCUT2D eigenvalue weighted by atomic mass is 35.7. The molecular weight excluding hydrogens is 273 g/mol. The Morgan fingerprint density at radius 2 is 1.93 bits per heavy atom. The van der Waals surface area contributed by atoms with Crippen molar-refractivity contribution in [3.63, 3.8) is 0 Å². The summed E-state index contributed by atoms with van der Waals surface area (Å²) >= 11 is 5.51. The van der Waals surface area contributed by atoms with Crippen LogP contribution in [-0.4, -0.2) is 15.0 Å². The SMILES string of the molecule is O=S(=O)(Cl)c1ccc(OC(F)F)cc1Cl. The molecule has 1 aromatic rings. The predicted molar refractivity (Wildman–Crippen MR) is 51.1 cm³/mol. The number of hydrogen-bond donors (Lipinski definition) is 0. The van der Waals surface area contributed by atoms with Gasteiger partial charge in [0, 0.05) is 16.7 Å². The maximum absolute atomic E-state index is 11.8. The minimum atomic E-state index is -3.98. The molecule has 8 heteroatoms. The lowest BCUT2D eigenvalue weighted by molar-refractivity contribution is -0.0498. The average molecular weight is 277 g/mol. The van der Waals surface area contributed by atoms with Gasteiger partial charge < -0.3 is 4.74 Å². The zero-order valence-electron chi connectivity index (χ0n) is 6.95. The van der Waals surface area contributed by atoms with Crippen LogP contribution in [0.25, 0.3) is 0 Å². The summed E-state index contributed by atoms with van der Waals surface area (Å²) < 4.78 is 49.3. The van der Waals surface area contributed by atoms with Crippen molar-refractivity contribution in [2.75, 3.05) is 0 Å². The van der Waals surface area contributed by atoms with E-state index >= 15 is 0 Å². The summed E-state index contributed by atoms with van der Waals surface area (Å²) in [6.45, 7) is -3.00. The molecule has 0 aliphatic rings. The van der Waals surface area contributed by atoms with E-state index in [2.05, 4.69) is 4.74 Å². The molecule has 15 heavy (non-hydrogen) atoms. The van der Waals surface area contributed by atoms with E-state index in [0.29, 0.717) is 0 Å². The summed E-state index contributed by atoms with van der Waals surface area (Å²) in [4.78, 5) is -0.354. The maximum atomic E-state index is 11.8. The lowest BCUT2D eigenvalue weighted by atomic mass is 10.3. The highest BCUT2D eigenvalue weighted by molar-refractivity contribution is 8.13. The molecule has 0 aromatic heterocycles. The van der Waals surface area contributed by atoms with E-state index in [9.17, 15) is 17.2 Å². The van der Waals surface area contributed by atoms with Crippen molar-refractivity contribution in [2.24, 2.45) is 0 Å². The summed E-state index contributed by atoms with van der Waals surface area (Å²) in [5.41, 5.74) is 0. The van der Waals surface area contributed by atoms with Crippen LogP contribution in [0, 0.1) is 0 Å². The van der Waals surface area contributed by atoms with E-state index in [4.69, 9.17) is 22.3 Å². The first-order valence-corrected chi connectivity index (χ1v) is 6.18. The smallest absolute Gasteiger partial charge is 0.387 e. The molecule has 0 heterocycles. The molecule has 0 spiro atoms. The molecule has 1 rings (SSSR count). The molecule has 0 unspecified atom stereocenters. The number of alkyl halides is 2. The monoisotopic (exact) mass is 276 g/mol. The van der Waals surface area contributed by atoms with Gasteiger partial charge in [-0.15, -0.1) is 0 Å². The molecule has 0 saturated carbocycles. The molecule has 0 N–H and O–H groups in total. The fourth-order valence-electron chi connectivity index (χ4n) is 0.855. The maximum Gasteiger partial charge on any atom is 0.387 e. The van der Waals surface area contributed by atoms with Gasteiger partial charge in [-0.3, -0.25) is 0 Å². The van der Waals surface area contributed by atoms with Crippen LogP contribution in [0.4, 0.5) is 8.78 Å². The second-order valence-electron chi connectivity index (χ2n) is 2.41. The van der Waals surface area contributed by atoms with E-state index in [0.717, 1.165) is 18.2 Å². The zero-order valence-corrected chi connectivity index (χ0v) is 9.28. The Bertz CT molecular complexity index is 461. The first-order chi connectivity index (χ1) is 6.80. The van der Waals surface area contributed by atoms with Crippen molar-refractivity contribution < 1.29 is 21.9 Å². The Hall–Kier alpha value is -0.590. The molecule has 0 bridgehead atoms. The molecule has 0 radical (unpaired) electrons. The Kier molecular flexibility index (Phi) is 3.75. The Morgan fingerprint density at radius 3 is 2.33 bits per heavy atom. The van der Waals surface area contributed by atoms with Crippen molar-refractivity contribution in [1.29, 1.82) is 0 Å². The quantitative estimate of drug-likeness (QED) is 0.798. The fourth-order valence-corrected chi connectivity index (χ4v) is 2.38. The standard InChI is InChI=1S/C7H4Cl2F2O3S/c8-5-3-4(14-7(10)11)1-2-6(5)15(9,12)13/h1-3,7H. The van der Waals surface area contributed by atoms with E-state index in [1.165, 1.54) is 0 Å². The lowest BCUT2D eigenvalue weighted by Gasteiger charge is -2.05. The Morgan fingerprint density at radius 1 is 1.33 bits per heavy atom. The van der Waals surface area contributed by atoms with Crippen molar-refractivity contribution in [1.82, 2.24) is 0 Å². The van der Waals surface area contributed by atoms with Gasteiger partial charge in [0.15, 0.2) is 0 Å². The third kappa shape index (κ3) is 3.48. The van der Waals surface area contributed by atoms with Crippen LogP contribution in [0.2, 0.25) is 5.02 Å². The van der Waals surface area contributed by atoms with Gasteiger partial charge >= 0.3 is 6.61 Å². The number of rotatable bonds is 3. The van der Waals surface area contributed by atoms with Gasteiger partial charge in [-0.1, -0.05) is 11.6 Å². The summed E-state index contributed by atoms with van der Waals surface area (Å²) in [5, 5.41) is -0.275. The van der Waals surface area contributed by atoms with Gasteiger partial charge in [0.2, 0.25) is 0 Å². The van der Waals surface area contributed by atoms with Gasteiger partial charge in [0.1, 0.15) is 10.6 Å². The number of benzene rings is 1. The highest BCUT2D eigenvalue weighted by Gasteiger charge is 2.16. The molecule has 0 saturated heterocycles. The van der Waals surface area contributed by atoms with Crippen LogP contribution < -0.4 is 4.74 Å². The Balaban J connectivity index is 3.09. The van der Waals surface area contributed by atoms with Crippen molar-refractivity contribution in [2.45, 2.75) is 11.5 Å². The summed E-state index contributed by atoms with van der Waals surface area (Å²) in [5.74, 6) is -0.237. The molecule has 0 aliphatic heterocycles. The molecule has 0 aliphatic carbocycles. The largest absolute Gasteiger partial charge is 0.435 e. The van der Waals surface area contributed by atoms with Crippen LogP contribution in [-0.2, 0) is 9.05 Å². The predicted octanol–water partition coefficient (Wildman–Crippen LogP) is 2.87. The van der Waals surface area contributed by atoms with Gasteiger partial charge in [-0.05, 0) is 12.1 Å². The van der Waals surface area contributed by atoms with Gasteiger partial charge in [0.25, 0.3) is 9.05 Å². The first-order valence-electron chi connectivity index (χ1n) is 3.50. The topological polar surface area (TPSA) is 43.4 Å². The molecule has 3 nitrogen and oxygen atoms in total. The molecule has 0 amide bonds. The third-order valence-electron chi connectivity index (χ3n) is 1.39. The fraction of sp³-hybridized carbons (Fsp3) is 0.143. The number of ether oxygens (including phenoxy) is 1. The van der Waals surface area contributed by atoms with Crippen molar-refractivity contribution >= 4 is 31.3 Å². The highest BCUT2D eigenvalue weighted by Crippen LogP contribution is 2.29. The second kappa shape index (κ2) is 4.51. The van der Waals surface area contributed by atoms with Crippen LogP contribution in [0.15, 0.2) is 23.1 Å². The first kappa shape index (κ1) is 12.5. The number of hydrogen-bond acceptors (Lipinski definition) is 3. The normalized spacial score (nSPS) is 11.8. The third-order valence-corrected chi connectivity index (χ3v) is 3.20. The molecule has 0 fully saturated rings. The minimum Gasteiger partial charge on any atom is -0.435 e. The van der Waals surface area contributed by atoms with E-state index in [1.807, 2.05) is 0 Å². The van der Waals surface area contributed by atoms with Gasteiger partial charge in [-0.25, -0.2) is 8.42 Å². The van der Waals surface area contributed by atoms with Crippen LogP contribution >= 0.6 is 22.3 Å². The zero-order chi connectivity index (χ0) is 11.6. The second-order valence-corrected chi connectivity index (χ2v) is 5.35. The number of halogens is 4. The lowest BCUT2D eigenvalue weighted by Crippen LogP contribution is -2.02. The van der Waals surface area contributed by atoms with E-state index in [1.54, 1.807) is 0 Å². The van der Waals surface area contributed by atoms with Crippen LogP contribution in [0.1, 0.15) is 0 Å². The van der Waals surface area contributed by atoms with Gasteiger partial charge in [-0.2, -0.15) is 8.78 Å². The van der Waals surface area contributed by atoms with Crippen molar-refractivity contribution in [3.8, 4) is 5.75 Å².